The summed E-state index contributed by atoms with van der Waals surface area (Å²) in [6, 6.07) is 6.70. The molecule has 2 nitrogen and oxygen atoms in total. The lowest BCUT2D eigenvalue weighted by molar-refractivity contribution is 0.621. The van der Waals surface area contributed by atoms with E-state index in [-0.39, 0.29) is 5.82 Å². The lowest BCUT2D eigenvalue weighted by Crippen LogP contribution is -1.91. The van der Waals surface area contributed by atoms with Gasteiger partial charge in [0, 0.05) is 11.6 Å². The Morgan fingerprint density at radius 3 is 2.80 bits per heavy atom. The number of halogens is 2. The van der Waals surface area contributed by atoms with Gasteiger partial charge in [-0.3, -0.25) is 0 Å². The summed E-state index contributed by atoms with van der Waals surface area (Å²) in [7, 11) is 0. The maximum Gasteiger partial charge on any atom is 0.135 e. The van der Waals surface area contributed by atoms with E-state index in [1.54, 1.807) is 31.2 Å². The van der Waals surface area contributed by atoms with Gasteiger partial charge in [-0.15, -0.1) is 0 Å². The first-order valence-electron chi connectivity index (χ1n) is 4.41. The van der Waals surface area contributed by atoms with Crippen LogP contribution in [0.15, 0.2) is 30.6 Å². The maximum absolute atomic E-state index is 13.7. The van der Waals surface area contributed by atoms with Gasteiger partial charge in [-0.2, -0.15) is 0 Å². The van der Waals surface area contributed by atoms with Crippen LogP contribution in [0.3, 0.4) is 0 Å². The number of hydrogen-bond acceptors (Lipinski definition) is 2. The molecule has 1 heterocycles. The summed E-state index contributed by atoms with van der Waals surface area (Å²) < 4.78 is 13.7. The van der Waals surface area contributed by atoms with Crippen LogP contribution in [0.2, 0.25) is 5.15 Å². The molecule has 0 aliphatic carbocycles. The molecular formula is C11H8ClFN2. The van der Waals surface area contributed by atoms with E-state index in [9.17, 15) is 4.39 Å². The van der Waals surface area contributed by atoms with Crippen LogP contribution in [0.1, 0.15) is 5.56 Å². The van der Waals surface area contributed by atoms with Gasteiger partial charge in [-0.05, 0) is 18.6 Å². The van der Waals surface area contributed by atoms with E-state index in [0.717, 1.165) is 0 Å². The Labute approximate surface area is 91.8 Å². The minimum Gasteiger partial charge on any atom is -0.236 e. The normalized spacial score (nSPS) is 10.3. The van der Waals surface area contributed by atoms with Gasteiger partial charge in [0.2, 0.25) is 0 Å². The first kappa shape index (κ1) is 10.1. The summed E-state index contributed by atoms with van der Waals surface area (Å²) in [5, 5.41) is 0.306. The summed E-state index contributed by atoms with van der Waals surface area (Å²) in [6.45, 7) is 1.71. The number of nitrogens with zero attached hydrogens (tertiary/aromatic N) is 2. The zero-order chi connectivity index (χ0) is 10.8. The first-order chi connectivity index (χ1) is 7.18. The lowest BCUT2D eigenvalue weighted by atomic mass is 10.1. The van der Waals surface area contributed by atoms with Gasteiger partial charge in [-0.25, -0.2) is 14.4 Å². The zero-order valence-corrected chi connectivity index (χ0v) is 8.79. The molecule has 15 heavy (non-hydrogen) atoms. The Morgan fingerprint density at radius 1 is 1.27 bits per heavy atom. The minimum atomic E-state index is -0.271. The molecule has 76 valence electrons. The fourth-order valence-corrected chi connectivity index (χ4v) is 1.47. The molecule has 2 rings (SSSR count). The quantitative estimate of drug-likeness (QED) is 0.693. The molecule has 0 N–H and O–H groups in total. The van der Waals surface area contributed by atoms with Crippen LogP contribution in [0, 0.1) is 12.7 Å². The van der Waals surface area contributed by atoms with Gasteiger partial charge in [0.05, 0.1) is 5.69 Å². The molecule has 2 aromatic rings. The molecule has 1 aromatic heterocycles. The molecule has 1 aromatic carbocycles. The van der Waals surface area contributed by atoms with E-state index in [1.807, 2.05) is 0 Å². The Kier molecular flexibility index (Phi) is 2.64. The van der Waals surface area contributed by atoms with Crippen molar-refractivity contribution in [3.05, 3.63) is 47.1 Å². The van der Waals surface area contributed by atoms with Crippen molar-refractivity contribution in [2.75, 3.05) is 0 Å². The van der Waals surface area contributed by atoms with E-state index in [1.165, 1.54) is 6.33 Å². The smallest absolute Gasteiger partial charge is 0.135 e. The molecule has 0 aliphatic rings. The molecular weight excluding hydrogens is 215 g/mol. The molecule has 0 saturated carbocycles. The molecule has 0 fully saturated rings. The third-order valence-electron chi connectivity index (χ3n) is 2.10. The molecule has 0 aliphatic heterocycles. The third kappa shape index (κ3) is 1.97. The molecule has 0 saturated heterocycles. The van der Waals surface area contributed by atoms with Gasteiger partial charge >= 0.3 is 0 Å². The fourth-order valence-electron chi connectivity index (χ4n) is 1.33. The van der Waals surface area contributed by atoms with E-state index in [4.69, 9.17) is 11.6 Å². The van der Waals surface area contributed by atoms with Crippen LogP contribution in [-0.2, 0) is 0 Å². The van der Waals surface area contributed by atoms with Crippen LogP contribution < -0.4 is 0 Å². The highest BCUT2D eigenvalue weighted by Gasteiger charge is 2.08. The summed E-state index contributed by atoms with van der Waals surface area (Å²) in [6.07, 6.45) is 1.32. The van der Waals surface area contributed by atoms with Crippen LogP contribution in [-0.4, -0.2) is 9.97 Å². The van der Waals surface area contributed by atoms with Crippen molar-refractivity contribution >= 4 is 11.6 Å². The number of hydrogen-bond donors (Lipinski definition) is 0. The topological polar surface area (TPSA) is 25.8 Å². The molecule has 0 amide bonds. The summed E-state index contributed by atoms with van der Waals surface area (Å²) in [4.78, 5) is 7.73. The largest absolute Gasteiger partial charge is 0.236 e. The predicted octanol–water partition coefficient (Wildman–Crippen LogP) is 3.24. The molecule has 0 atom stereocenters. The average molecular weight is 223 g/mol. The van der Waals surface area contributed by atoms with Crippen LogP contribution in [0.25, 0.3) is 11.3 Å². The van der Waals surface area contributed by atoms with E-state index >= 15 is 0 Å². The Morgan fingerprint density at radius 2 is 2.07 bits per heavy atom. The van der Waals surface area contributed by atoms with Crippen LogP contribution in [0.4, 0.5) is 4.39 Å². The molecule has 0 spiro atoms. The Balaban J connectivity index is 2.59. The van der Waals surface area contributed by atoms with Crippen molar-refractivity contribution in [3.8, 4) is 11.3 Å². The second kappa shape index (κ2) is 3.95. The molecule has 4 heteroatoms. The number of rotatable bonds is 1. The highest BCUT2D eigenvalue weighted by molar-refractivity contribution is 6.29. The van der Waals surface area contributed by atoms with Gasteiger partial charge < -0.3 is 0 Å². The van der Waals surface area contributed by atoms with Gasteiger partial charge in [0.1, 0.15) is 17.3 Å². The van der Waals surface area contributed by atoms with E-state index < -0.39 is 0 Å². The van der Waals surface area contributed by atoms with Crippen molar-refractivity contribution < 1.29 is 4.39 Å². The SMILES string of the molecule is Cc1cccc(-c2cc(Cl)ncn2)c1F. The number of benzene rings is 1. The minimum absolute atomic E-state index is 0.271. The second-order valence-corrected chi connectivity index (χ2v) is 3.55. The zero-order valence-electron chi connectivity index (χ0n) is 8.04. The Bertz CT molecular complexity index is 500. The van der Waals surface area contributed by atoms with Gasteiger partial charge in [0.25, 0.3) is 0 Å². The number of aromatic nitrogens is 2. The van der Waals surface area contributed by atoms with Gasteiger partial charge in [0.15, 0.2) is 0 Å². The monoisotopic (exact) mass is 222 g/mol. The second-order valence-electron chi connectivity index (χ2n) is 3.16. The van der Waals surface area contributed by atoms with E-state index in [0.29, 0.717) is 22.0 Å². The van der Waals surface area contributed by atoms with Crippen molar-refractivity contribution in [2.45, 2.75) is 6.92 Å². The van der Waals surface area contributed by atoms with Crippen molar-refractivity contribution in [3.63, 3.8) is 0 Å². The Hall–Kier alpha value is -1.48. The van der Waals surface area contributed by atoms with E-state index in [2.05, 4.69) is 9.97 Å². The first-order valence-corrected chi connectivity index (χ1v) is 4.79. The summed E-state index contributed by atoms with van der Waals surface area (Å²) in [5.74, 6) is -0.271. The van der Waals surface area contributed by atoms with Crippen LogP contribution in [0.5, 0.6) is 0 Å². The fraction of sp³-hybridized carbons (Fsp3) is 0.0909. The van der Waals surface area contributed by atoms with Crippen LogP contribution >= 0.6 is 11.6 Å². The number of aryl methyl sites for hydroxylation is 1. The van der Waals surface area contributed by atoms with Gasteiger partial charge in [-0.1, -0.05) is 23.7 Å². The highest BCUT2D eigenvalue weighted by Crippen LogP contribution is 2.23. The average Bonchev–Trinajstić information content (AvgIpc) is 2.22. The third-order valence-corrected chi connectivity index (χ3v) is 2.31. The maximum atomic E-state index is 13.7. The molecule has 0 bridgehead atoms. The van der Waals surface area contributed by atoms with Crippen molar-refractivity contribution in [1.82, 2.24) is 9.97 Å². The predicted molar refractivity (Wildman–Crippen MR) is 57.2 cm³/mol. The molecule has 0 radical (unpaired) electrons. The standard InChI is InChI=1S/C11H8ClFN2/c1-7-3-2-4-8(11(7)13)9-5-10(12)15-6-14-9/h2-6H,1H3. The summed E-state index contributed by atoms with van der Waals surface area (Å²) >= 11 is 5.71. The summed E-state index contributed by atoms with van der Waals surface area (Å²) in [5.41, 5.74) is 1.53. The lowest BCUT2D eigenvalue weighted by Gasteiger charge is -2.04. The molecule has 0 unspecified atom stereocenters. The highest BCUT2D eigenvalue weighted by atomic mass is 35.5. The van der Waals surface area contributed by atoms with Crippen molar-refractivity contribution in [2.24, 2.45) is 0 Å². The van der Waals surface area contributed by atoms with Crippen molar-refractivity contribution in [1.29, 1.82) is 0 Å².